The molecule has 2 unspecified atom stereocenters. The highest BCUT2D eigenvalue weighted by Crippen LogP contribution is 2.15. The van der Waals surface area contributed by atoms with Crippen molar-refractivity contribution in [3.8, 4) is 0 Å². The summed E-state index contributed by atoms with van der Waals surface area (Å²) in [5.41, 5.74) is 7.65. The molecule has 0 spiro atoms. The first-order valence-corrected chi connectivity index (χ1v) is 9.57. The molecule has 0 bridgehead atoms. The number of carbonyl (C=O) groups is 1. The molecule has 1 aromatic rings. The lowest BCUT2D eigenvalue weighted by Crippen LogP contribution is -2.50. The van der Waals surface area contributed by atoms with Gasteiger partial charge in [0.25, 0.3) is 0 Å². The fourth-order valence-electron chi connectivity index (χ4n) is 3.66. The topological polar surface area (TPSA) is 59.6 Å². The standard InChI is InChI=1S/C19H31N5O/c1-2-6-16-15-18(22-21-16)19(25)20-9-10-23-11-13-24(14-12-23)17-7-4-3-5-8-17/h3-5,7-8,16,18,21-22H,2,6,9-15H2,1H3,(H,20,25). The van der Waals surface area contributed by atoms with Crippen molar-refractivity contribution in [3.05, 3.63) is 30.3 Å². The van der Waals surface area contributed by atoms with Gasteiger partial charge in [0.1, 0.15) is 6.04 Å². The van der Waals surface area contributed by atoms with Crippen LogP contribution in [0.5, 0.6) is 0 Å². The molecule has 2 fully saturated rings. The molecule has 1 aromatic carbocycles. The Morgan fingerprint density at radius 2 is 1.92 bits per heavy atom. The molecule has 2 aliphatic heterocycles. The van der Waals surface area contributed by atoms with Gasteiger partial charge in [-0.25, -0.2) is 5.43 Å². The number of carbonyl (C=O) groups excluding carboxylic acids is 1. The summed E-state index contributed by atoms with van der Waals surface area (Å²) in [5.74, 6) is 0.119. The predicted octanol–water partition coefficient (Wildman–Crippen LogP) is 0.960. The van der Waals surface area contributed by atoms with Gasteiger partial charge in [-0.05, 0) is 25.0 Å². The Morgan fingerprint density at radius 3 is 2.64 bits per heavy atom. The van der Waals surface area contributed by atoms with Crippen LogP contribution in [0.4, 0.5) is 5.69 Å². The van der Waals surface area contributed by atoms with Crippen LogP contribution in [0.3, 0.4) is 0 Å². The second-order valence-electron chi connectivity index (χ2n) is 7.02. The van der Waals surface area contributed by atoms with Gasteiger partial charge in [0.2, 0.25) is 5.91 Å². The number of anilines is 1. The van der Waals surface area contributed by atoms with Crippen LogP contribution in [0, 0.1) is 0 Å². The number of hydrogen-bond acceptors (Lipinski definition) is 5. The van der Waals surface area contributed by atoms with Gasteiger partial charge in [-0.1, -0.05) is 31.5 Å². The van der Waals surface area contributed by atoms with Crippen molar-refractivity contribution in [1.29, 1.82) is 0 Å². The molecule has 25 heavy (non-hydrogen) atoms. The molecule has 0 saturated carbocycles. The summed E-state index contributed by atoms with van der Waals surface area (Å²) in [5, 5.41) is 3.08. The fourth-order valence-corrected chi connectivity index (χ4v) is 3.66. The van der Waals surface area contributed by atoms with Crippen LogP contribution in [0.15, 0.2) is 30.3 Å². The summed E-state index contributed by atoms with van der Waals surface area (Å²) in [4.78, 5) is 17.1. The van der Waals surface area contributed by atoms with Crippen molar-refractivity contribution >= 4 is 11.6 Å². The van der Waals surface area contributed by atoms with Crippen molar-refractivity contribution < 1.29 is 4.79 Å². The maximum absolute atomic E-state index is 12.2. The van der Waals surface area contributed by atoms with Crippen molar-refractivity contribution in [1.82, 2.24) is 21.1 Å². The first kappa shape index (κ1) is 18.2. The highest BCUT2D eigenvalue weighted by molar-refractivity contribution is 5.82. The van der Waals surface area contributed by atoms with E-state index in [1.807, 2.05) is 0 Å². The number of nitrogens with zero attached hydrogens (tertiary/aromatic N) is 2. The quantitative estimate of drug-likeness (QED) is 0.687. The number of hydrazine groups is 1. The van der Waals surface area contributed by atoms with Crippen molar-refractivity contribution in [2.75, 3.05) is 44.2 Å². The molecule has 138 valence electrons. The average molecular weight is 345 g/mol. The highest BCUT2D eigenvalue weighted by atomic mass is 16.2. The third-order valence-electron chi connectivity index (χ3n) is 5.16. The smallest absolute Gasteiger partial charge is 0.238 e. The summed E-state index contributed by atoms with van der Waals surface area (Å²) in [7, 11) is 0. The number of nitrogens with one attached hydrogen (secondary N) is 3. The second-order valence-corrected chi connectivity index (χ2v) is 7.02. The minimum absolute atomic E-state index is 0.0912. The Bertz CT molecular complexity index is 530. The summed E-state index contributed by atoms with van der Waals surface area (Å²) in [6.07, 6.45) is 3.14. The van der Waals surface area contributed by atoms with Crippen LogP contribution >= 0.6 is 0 Å². The molecule has 2 aliphatic rings. The number of para-hydroxylation sites is 1. The Hall–Kier alpha value is -1.63. The average Bonchev–Trinajstić information content (AvgIpc) is 3.12. The van der Waals surface area contributed by atoms with Gasteiger partial charge in [-0.3, -0.25) is 15.1 Å². The molecule has 1 amide bonds. The van der Waals surface area contributed by atoms with Crippen LogP contribution in [0.25, 0.3) is 0 Å². The zero-order valence-corrected chi connectivity index (χ0v) is 15.2. The third-order valence-corrected chi connectivity index (χ3v) is 5.16. The third kappa shape index (κ3) is 5.17. The molecular formula is C19H31N5O. The van der Waals surface area contributed by atoms with Gasteiger partial charge in [0.05, 0.1) is 0 Å². The zero-order valence-electron chi connectivity index (χ0n) is 15.2. The van der Waals surface area contributed by atoms with Gasteiger partial charge in [-0.15, -0.1) is 0 Å². The van der Waals surface area contributed by atoms with E-state index in [-0.39, 0.29) is 11.9 Å². The minimum Gasteiger partial charge on any atom is -0.369 e. The number of piperazine rings is 1. The van der Waals surface area contributed by atoms with E-state index in [2.05, 4.69) is 63.2 Å². The molecule has 3 N–H and O–H groups in total. The first-order chi connectivity index (χ1) is 12.3. The highest BCUT2D eigenvalue weighted by Gasteiger charge is 2.28. The minimum atomic E-state index is -0.0912. The van der Waals surface area contributed by atoms with Gasteiger partial charge < -0.3 is 10.2 Å². The lowest BCUT2D eigenvalue weighted by molar-refractivity contribution is -0.122. The molecule has 6 heteroatoms. The molecule has 6 nitrogen and oxygen atoms in total. The van der Waals surface area contributed by atoms with Crippen molar-refractivity contribution in [2.45, 2.75) is 38.3 Å². The second kappa shape index (κ2) is 9.17. The molecule has 2 atom stereocenters. The fraction of sp³-hybridized carbons (Fsp3) is 0.632. The van der Waals surface area contributed by atoms with Crippen LogP contribution in [0.1, 0.15) is 26.2 Å². The van der Waals surface area contributed by atoms with E-state index in [1.54, 1.807) is 0 Å². The van der Waals surface area contributed by atoms with Crippen LogP contribution < -0.4 is 21.1 Å². The van der Waals surface area contributed by atoms with Gasteiger partial charge in [0, 0.05) is 51.0 Å². The first-order valence-electron chi connectivity index (χ1n) is 9.57. The summed E-state index contributed by atoms with van der Waals surface area (Å²) in [6, 6.07) is 10.9. The maximum Gasteiger partial charge on any atom is 0.238 e. The van der Waals surface area contributed by atoms with Gasteiger partial charge in [-0.2, -0.15) is 0 Å². The van der Waals surface area contributed by atoms with E-state index in [0.717, 1.165) is 58.5 Å². The SMILES string of the molecule is CCCC1CC(C(=O)NCCN2CCN(c3ccccc3)CC2)NN1. The maximum atomic E-state index is 12.2. The molecular weight excluding hydrogens is 314 g/mol. The summed E-state index contributed by atoms with van der Waals surface area (Å²) in [6.45, 7) is 8.01. The lowest BCUT2D eigenvalue weighted by atomic mass is 10.1. The number of benzene rings is 1. The molecule has 0 aromatic heterocycles. The number of amides is 1. The lowest BCUT2D eigenvalue weighted by Gasteiger charge is -2.36. The molecule has 0 radical (unpaired) electrons. The number of hydrogen-bond donors (Lipinski definition) is 3. The molecule has 3 rings (SSSR count). The summed E-state index contributed by atoms with van der Waals surface area (Å²) >= 11 is 0. The Morgan fingerprint density at radius 1 is 1.16 bits per heavy atom. The van der Waals surface area contributed by atoms with Crippen molar-refractivity contribution in [3.63, 3.8) is 0 Å². The molecule has 0 aliphatic carbocycles. The van der Waals surface area contributed by atoms with E-state index in [4.69, 9.17) is 0 Å². The normalized spacial score (nSPS) is 24.4. The number of rotatable bonds is 7. The monoisotopic (exact) mass is 345 g/mol. The Kier molecular flexibility index (Phi) is 6.67. The van der Waals surface area contributed by atoms with E-state index >= 15 is 0 Å². The van der Waals surface area contributed by atoms with E-state index < -0.39 is 0 Å². The Balaban J connectivity index is 1.32. The molecule has 2 heterocycles. The van der Waals surface area contributed by atoms with Gasteiger partial charge >= 0.3 is 0 Å². The van der Waals surface area contributed by atoms with E-state index in [1.165, 1.54) is 5.69 Å². The van der Waals surface area contributed by atoms with Crippen LogP contribution in [-0.2, 0) is 4.79 Å². The largest absolute Gasteiger partial charge is 0.369 e. The van der Waals surface area contributed by atoms with Crippen LogP contribution in [-0.4, -0.2) is 62.2 Å². The zero-order chi connectivity index (χ0) is 17.5. The van der Waals surface area contributed by atoms with Crippen molar-refractivity contribution in [2.24, 2.45) is 0 Å². The Labute approximate surface area is 150 Å². The molecule has 2 saturated heterocycles. The van der Waals surface area contributed by atoms with Gasteiger partial charge in [0.15, 0.2) is 0 Å². The van der Waals surface area contributed by atoms with E-state index in [9.17, 15) is 4.79 Å². The predicted molar refractivity (Wildman–Crippen MR) is 101 cm³/mol. The summed E-state index contributed by atoms with van der Waals surface area (Å²) < 4.78 is 0. The van der Waals surface area contributed by atoms with Crippen LogP contribution in [0.2, 0.25) is 0 Å². The van der Waals surface area contributed by atoms with E-state index in [0.29, 0.717) is 6.04 Å².